The van der Waals surface area contributed by atoms with Crippen LogP contribution in [0.2, 0.25) is 5.02 Å². The molecule has 0 bridgehead atoms. The molecular weight excluding hydrogens is 266 g/mol. The summed E-state index contributed by atoms with van der Waals surface area (Å²) in [4.78, 5) is 1.10. The maximum absolute atomic E-state index is 10.4. The molecule has 0 aliphatic rings. The number of nitrogens with two attached hydrogens (primary N) is 1. The first-order valence-corrected chi connectivity index (χ1v) is 7.07. The van der Waals surface area contributed by atoms with Crippen molar-refractivity contribution in [2.45, 2.75) is 18.9 Å². The van der Waals surface area contributed by atoms with E-state index < -0.39 is 6.10 Å². The lowest BCUT2D eigenvalue weighted by Crippen LogP contribution is -2.19. The maximum atomic E-state index is 10.4. The van der Waals surface area contributed by atoms with Crippen LogP contribution in [0.3, 0.4) is 0 Å². The van der Waals surface area contributed by atoms with Crippen LogP contribution in [0.1, 0.15) is 28.0 Å². The van der Waals surface area contributed by atoms with Crippen LogP contribution < -0.4 is 5.73 Å². The molecule has 0 fully saturated rings. The number of benzene rings is 1. The Balaban J connectivity index is 2.28. The fraction of sp³-hybridized carbons (Fsp3) is 0.286. The molecule has 0 saturated heterocycles. The van der Waals surface area contributed by atoms with Gasteiger partial charge >= 0.3 is 0 Å². The van der Waals surface area contributed by atoms with E-state index in [0.29, 0.717) is 11.6 Å². The average Bonchev–Trinajstić information content (AvgIpc) is 2.87. The van der Waals surface area contributed by atoms with Crippen LogP contribution in [0, 0.1) is 6.92 Å². The normalized spacial score (nSPS) is 14.4. The second kappa shape index (κ2) is 5.85. The zero-order valence-electron chi connectivity index (χ0n) is 10.1. The average molecular weight is 282 g/mol. The molecule has 0 aliphatic heterocycles. The van der Waals surface area contributed by atoms with Crippen molar-refractivity contribution in [3.63, 3.8) is 0 Å². The Labute approximate surface area is 116 Å². The van der Waals surface area contributed by atoms with Crippen molar-refractivity contribution < 1.29 is 5.11 Å². The Morgan fingerprint density at radius 3 is 2.72 bits per heavy atom. The molecule has 2 rings (SSSR count). The van der Waals surface area contributed by atoms with Crippen molar-refractivity contribution in [1.29, 1.82) is 0 Å². The van der Waals surface area contributed by atoms with Crippen LogP contribution in [0.4, 0.5) is 0 Å². The van der Waals surface area contributed by atoms with E-state index >= 15 is 0 Å². The second-order valence-electron chi connectivity index (χ2n) is 4.31. The van der Waals surface area contributed by atoms with Gasteiger partial charge in [-0.2, -0.15) is 0 Å². The van der Waals surface area contributed by atoms with Gasteiger partial charge in [0.05, 0.1) is 6.10 Å². The van der Waals surface area contributed by atoms with Crippen molar-refractivity contribution >= 4 is 22.9 Å². The van der Waals surface area contributed by atoms with Gasteiger partial charge in [0.1, 0.15) is 0 Å². The molecule has 0 saturated carbocycles. The van der Waals surface area contributed by atoms with Crippen LogP contribution in [0.15, 0.2) is 35.7 Å². The molecule has 18 heavy (non-hydrogen) atoms. The maximum Gasteiger partial charge on any atom is 0.0879 e. The van der Waals surface area contributed by atoms with Gasteiger partial charge in [-0.05, 0) is 35.6 Å². The number of thiophene rings is 1. The third-order valence-corrected chi connectivity index (χ3v) is 4.49. The van der Waals surface area contributed by atoms with Crippen molar-refractivity contribution in [3.05, 3.63) is 56.7 Å². The van der Waals surface area contributed by atoms with E-state index in [-0.39, 0.29) is 5.92 Å². The molecule has 2 unspecified atom stereocenters. The van der Waals surface area contributed by atoms with E-state index in [4.69, 9.17) is 17.3 Å². The van der Waals surface area contributed by atoms with Gasteiger partial charge in [-0.3, -0.25) is 0 Å². The van der Waals surface area contributed by atoms with Gasteiger partial charge in [0.2, 0.25) is 0 Å². The highest BCUT2D eigenvalue weighted by atomic mass is 35.5. The highest BCUT2D eigenvalue weighted by Gasteiger charge is 2.22. The van der Waals surface area contributed by atoms with Crippen molar-refractivity contribution in [3.8, 4) is 0 Å². The summed E-state index contributed by atoms with van der Waals surface area (Å²) in [5, 5.41) is 13.1. The molecule has 3 N–H and O–H groups in total. The topological polar surface area (TPSA) is 46.2 Å². The minimum absolute atomic E-state index is 0.0798. The van der Waals surface area contributed by atoms with E-state index in [9.17, 15) is 5.11 Å². The summed E-state index contributed by atoms with van der Waals surface area (Å²) in [5.74, 6) is -0.0798. The summed E-state index contributed by atoms with van der Waals surface area (Å²) in [6, 6.07) is 9.61. The lowest BCUT2D eigenvalue weighted by Gasteiger charge is -2.21. The summed E-state index contributed by atoms with van der Waals surface area (Å²) in [6.07, 6.45) is -0.619. The predicted octanol–water partition coefficient (Wildman–Crippen LogP) is 3.49. The Kier molecular flexibility index (Phi) is 4.40. The molecule has 4 heteroatoms. The number of aliphatic hydroxyl groups is 1. The van der Waals surface area contributed by atoms with Crippen LogP contribution in [0.5, 0.6) is 0 Å². The largest absolute Gasteiger partial charge is 0.388 e. The fourth-order valence-corrected chi connectivity index (χ4v) is 2.99. The molecule has 0 amide bonds. The Hall–Kier alpha value is -0.870. The van der Waals surface area contributed by atoms with Gasteiger partial charge in [0, 0.05) is 22.4 Å². The van der Waals surface area contributed by atoms with E-state index in [1.165, 1.54) is 0 Å². The number of rotatable bonds is 4. The molecule has 1 aromatic carbocycles. The third-order valence-electron chi connectivity index (χ3n) is 3.08. The minimum Gasteiger partial charge on any atom is -0.388 e. The molecular formula is C14H16ClNOS. The quantitative estimate of drug-likeness (QED) is 0.901. The summed E-state index contributed by atoms with van der Waals surface area (Å²) < 4.78 is 0. The molecule has 2 atom stereocenters. The minimum atomic E-state index is -0.619. The zero-order chi connectivity index (χ0) is 13.1. The lowest BCUT2D eigenvalue weighted by molar-refractivity contribution is 0.149. The zero-order valence-corrected chi connectivity index (χ0v) is 11.7. The number of aryl methyl sites for hydroxylation is 1. The van der Waals surface area contributed by atoms with Gasteiger partial charge < -0.3 is 10.8 Å². The smallest absolute Gasteiger partial charge is 0.0879 e. The Morgan fingerprint density at radius 2 is 2.17 bits per heavy atom. The highest BCUT2D eigenvalue weighted by molar-refractivity contribution is 7.10. The number of aliphatic hydroxyl groups excluding tert-OH is 1. The predicted molar refractivity (Wildman–Crippen MR) is 77.3 cm³/mol. The fourth-order valence-electron chi connectivity index (χ4n) is 1.93. The summed E-state index contributed by atoms with van der Waals surface area (Å²) in [7, 11) is 0. The summed E-state index contributed by atoms with van der Waals surface area (Å²) in [6.45, 7) is 2.35. The van der Waals surface area contributed by atoms with Crippen LogP contribution in [-0.2, 0) is 0 Å². The van der Waals surface area contributed by atoms with E-state index in [1.54, 1.807) is 11.3 Å². The Morgan fingerprint density at radius 1 is 1.39 bits per heavy atom. The standard InChI is InChI=1S/C14H16ClNOS/c1-9-4-5-10(7-12(9)15)14(17)11(8-16)13-3-2-6-18-13/h2-7,11,14,17H,8,16H2,1H3. The van der Waals surface area contributed by atoms with Gasteiger partial charge in [-0.15, -0.1) is 11.3 Å². The first-order chi connectivity index (χ1) is 8.63. The van der Waals surface area contributed by atoms with Crippen LogP contribution >= 0.6 is 22.9 Å². The molecule has 2 nitrogen and oxygen atoms in total. The van der Waals surface area contributed by atoms with Gasteiger partial charge in [-0.25, -0.2) is 0 Å². The molecule has 0 spiro atoms. The van der Waals surface area contributed by atoms with Crippen LogP contribution in [-0.4, -0.2) is 11.7 Å². The number of hydrogen-bond donors (Lipinski definition) is 2. The SMILES string of the molecule is Cc1ccc(C(O)C(CN)c2cccs2)cc1Cl. The van der Waals surface area contributed by atoms with E-state index in [2.05, 4.69) is 0 Å². The van der Waals surface area contributed by atoms with Crippen LogP contribution in [0.25, 0.3) is 0 Å². The van der Waals surface area contributed by atoms with Crippen molar-refractivity contribution in [2.75, 3.05) is 6.54 Å². The number of hydrogen-bond acceptors (Lipinski definition) is 3. The Bertz CT molecular complexity index is 513. The first-order valence-electron chi connectivity index (χ1n) is 5.81. The molecule has 1 heterocycles. The van der Waals surface area contributed by atoms with Gasteiger partial charge in [0.25, 0.3) is 0 Å². The third kappa shape index (κ3) is 2.75. The first kappa shape index (κ1) is 13.6. The molecule has 0 radical (unpaired) electrons. The number of halogens is 1. The summed E-state index contributed by atoms with van der Waals surface area (Å²) in [5.41, 5.74) is 7.61. The molecule has 0 aliphatic carbocycles. The second-order valence-corrected chi connectivity index (χ2v) is 5.70. The molecule has 96 valence electrons. The van der Waals surface area contributed by atoms with Crippen molar-refractivity contribution in [1.82, 2.24) is 0 Å². The summed E-state index contributed by atoms with van der Waals surface area (Å²) >= 11 is 7.70. The van der Waals surface area contributed by atoms with Gasteiger partial charge in [0.15, 0.2) is 0 Å². The van der Waals surface area contributed by atoms with E-state index in [1.807, 2.05) is 42.6 Å². The van der Waals surface area contributed by atoms with Crippen molar-refractivity contribution in [2.24, 2.45) is 5.73 Å². The highest BCUT2D eigenvalue weighted by Crippen LogP contribution is 2.34. The van der Waals surface area contributed by atoms with E-state index in [0.717, 1.165) is 16.0 Å². The lowest BCUT2D eigenvalue weighted by atomic mass is 9.94. The molecule has 2 aromatic rings. The monoisotopic (exact) mass is 281 g/mol. The van der Waals surface area contributed by atoms with Gasteiger partial charge in [-0.1, -0.05) is 29.8 Å². The molecule has 1 aromatic heterocycles.